The molecule has 0 saturated carbocycles. The van der Waals surface area contributed by atoms with Crippen molar-refractivity contribution in [1.29, 1.82) is 0 Å². The summed E-state index contributed by atoms with van der Waals surface area (Å²) in [7, 11) is 2.18. The van der Waals surface area contributed by atoms with E-state index >= 15 is 0 Å². The van der Waals surface area contributed by atoms with Gasteiger partial charge in [0, 0.05) is 55.0 Å². The van der Waals surface area contributed by atoms with Crippen LogP contribution in [0.3, 0.4) is 0 Å². The van der Waals surface area contributed by atoms with E-state index in [9.17, 15) is 33.6 Å². The van der Waals surface area contributed by atoms with Crippen LogP contribution in [0, 0.1) is 0 Å². The summed E-state index contributed by atoms with van der Waals surface area (Å²) in [5.74, 6) is -5.69. The van der Waals surface area contributed by atoms with Crippen molar-refractivity contribution in [2.24, 2.45) is 0 Å². The van der Waals surface area contributed by atoms with Crippen molar-refractivity contribution in [3.63, 3.8) is 0 Å². The molecular formula is C39H42N4O10. The van der Waals surface area contributed by atoms with Crippen molar-refractivity contribution >= 4 is 52.2 Å². The number of ether oxygens (including phenoxy) is 3. The molecule has 1 heterocycles. The molecule has 53 heavy (non-hydrogen) atoms. The minimum atomic E-state index is -1.11. The molecule has 0 aliphatic carbocycles. The Labute approximate surface area is 306 Å². The van der Waals surface area contributed by atoms with Crippen molar-refractivity contribution < 1.29 is 47.8 Å². The van der Waals surface area contributed by atoms with Crippen LogP contribution in [-0.4, -0.2) is 80.5 Å². The van der Waals surface area contributed by atoms with E-state index in [1.165, 1.54) is 12.1 Å². The number of hydrogen-bond acceptors (Lipinski definition) is 10. The summed E-state index contributed by atoms with van der Waals surface area (Å²) in [5.41, 5.74) is 5.03. The monoisotopic (exact) mass is 726 g/mol. The second-order valence-electron chi connectivity index (χ2n) is 12.1. The van der Waals surface area contributed by atoms with Gasteiger partial charge in [-0.1, -0.05) is 42.5 Å². The van der Waals surface area contributed by atoms with Gasteiger partial charge in [-0.05, 0) is 72.2 Å². The second kappa shape index (κ2) is 19.5. The number of aryl methyl sites for hydroxylation is 2. The molecule has 14 nitrogen and oxygen atoms in total. The molecule has 14 heteroatoms. The van der Waals surface area contributed by atoms with Crippen LogP contribution in [0.15, 0.2) is 78.9 Å². The first kappa shape index (κ1) is 39.6. The van der Waals surface area contributed by atoms with Gasteiger partial charge < -0.3 is 24.8 Å². The minimum Gasteiger partial charge on any atom is -0.466 e. The lowest BCUT2D eigenvalue weighted by molar-refractivity contribution is -0.148. The molecular weight excluding hydrogens is 684 g/mol. The van der Waals surface area contributed by atoms with Crippen LogP contribution in [0.5, 0.6) is 0 Å². The molecule has 0 spiro atoms. The lowest BCUT2D eigenvalue weighted by Crippen LogP contribution is -2.48. The third kappa shape index (κ3) is 11.4. The molecule has 4 rings (SSSR count). The summed E-state index contributed by atoms with van der Waals surface area (Å²) in [5, 5.41) is 8.22. The van der Waals surface area contributed by atoms with Gasteiger partial charge in [-0.2, -0.15) is 5.01 Å². The maximum Gasteiger partial charge on any atom is 0.330 e. The summed E-state index contributed by atoms with van der Waals surface area (Å²) in [4.78, 5) is 88.8. The largest absolute Gasteiger partial charge is 0.466 e. The van der Waals surface area contributed by atoms with E-state index in [2.05, 4.69) is 37.7 Å². The van der Waals surface area contributed by atoms with Crippen LogP contribution in [0.1, 0.15) is 69.6 Å². The Morgan fingerprint density at radius 3 is 2.26 bits per heavy atom. The molecule has 0 aromatic heterocycles. The van der Waals surface area contributed by atoms with Gasteiger partial charge >= 0.3 is 11.9 Å². The second-order valence-corrected chi connectivity index (χ2v) is 12.1. The lowest BCUT2D eigenvalue weighted by Gasteiger charge is -2.20. The Balaban J connectivity index is 1.61. The van der Waals surface area contributed by atoms with E-state index in [0.717, 1.165) is 67.5 Å². The highest BCUT2D eigenvalue weighted by molar-refractivity contribution is 6.08. The molecule has 0 saturated heterocycles. The first-order chi connectivity index (χ1) is 25.5. The van der Waals surface area contributed by atoms with Crippen LogP contribution in [0.2, 0.25) is 0 Å². The fourth-order valence-corrected chi connectivity index (χ4v) is 5.59. The Kier molecular flexibility index (Phi) is 14.5. The number of nitrogens with one attached hydrogen (secondary N) is 3. The van der Waals surface area contributed by atoms with E-state index in [0.29, 0.717) is 35.9 Å². The predicted octanol–water partition coefficient (Wildman–Crippen LogP) is 3.19. The highest BCUT2D eigenvalue weighted by Gasteiger charge is 2.23. The Morgan fingerprint density at radius 2 is 1.57 bits per heavy atom. The Hall–Kier alpha value is -6.15. The average molecular weight is 727 g/mol. The number of rotatable bonds is 7. The molecule has 3 aromatic carbocycles. The normalized spacial score (nSPS) is 15.5. The SMILES string of the molecule is COC(=O)/C=C/C(=O)N(NC(=O)CCc1ccc2cc1C(=O)N[C@H](C)c1cc(cc3ccccc13)CCCCOCCNC2=O)C(=O)/C=C/C(=O)OC. The molecule has 1 atom stereocenters. The molecule has 278 valence electrons. The zero-order valence-electron chi connectivity index (χ0n) is 29.8. The first-order valence-corrected chi connectivity index (χ1v) is 17.0. The van der Waals surface area contributed by atoms with Crippen molar-refractivity contribution in [2.75, 3.05) is 34.0 Å². The quantitative estimate of drug-likeness (QED) is 0.186. The Morgan fingerprint density at radius 1 is 0.868 bits per heavy atom. The van der Waals surface area contributed by atoms with E-state index in [1.807, 2.05) is 31.2 Å². The lowest BCUT2D eigenvalue weighted by atomic mass is 9.94. The maximum atomic E-state index is 14.0. The number of carbonyl (C=O) groups excluding carboxylic acids is 7. The van der Waals surface area contributed by atoms with Crippen LogP contribution in [-0.2, 0) is 51.0 Å². The van der Waals surface area contributed by atoms with E-state index < -0.39 is 47.5 Å². The van der Waals surface area contributed by atoms with Crippen molar-refractivity contribution in [1.82, 2.24) is 21.1 Å². The summed E-state index contributed by atoms with van der Waals surface area (Å²) in [6.07, 6.45) is 5.15. The van der Waals surface area contributed by atoms with Crippen LogP contribution < -0.4 is 16.1 Å². The molecule has 0 fully saturated rings. The van der Waals surface area contributed by atoms with Gasteiger partial charge in [0.15, 0.2) is 0 Å². The maximum absolute atomic E-state index is 14.0. The number of nitrogens with zero attached hydrogens (tertiary/aromatic N) is 1. The fraction of sp³-hybridized carbons (Fsp3) is 0.308. The number of esters is 2. The van der Waals surface area contributed by atoms with Gasteiger partial charge in [-0.15, -0.1) is 0 Å². The number of fused-ring (bicyclic) bond motifs is 6. The Bertz CT molecular complexity index is 1900. The number of hydrazine groups is 1. The van der Waals surface area contributed by atoms with Gasteiger partial charge in [0.1, 0.15) is 0 Å². The third-order valence-corrected chi connectivity index (χ3v) is 8.35. The first-order valence-electron chi connectivity index (χ1n) is 17.0. The molecule has 3 N–H and O–H groups in total. The highest BCUT2D eigenvalue weighted by atomic mass is 16.5. The van der Waals surface area contributed by atoms with Gasteiger partial charge in [0.25, 0.3) is 23.6 Å². The summed E-state index contributed by atoms with van der Waals surface area (Å²) < 4.78 is 14.6. The fourth-order valence-electron chi connectivity index (χ4n) is 5.59. The van der Waals surface area contributed by atoms with Gasteiger partial charge in [0.2, 0.25) is 5.91 Å². The van der Waals surface area contributed by atoms with Gasteiger partial charge in [-0.25, -0.2) is 9.59 Å². The van der Waals surface area contributed by atoms with E-state index in [-0.39, 0.29) is 30.5 Å². The molecule has 1 aliphatic rings. The average Bonchev–Trinajstić information content (AvgIpc) is 3.16. The summed E-state index contributed by atoms with van der Waals surface area (Å²) in [6.45, 7) is 3.03. The number of benzene rings is 3. The number of methoxy groups -OCH3 is 2. The summed E-state index contributed by atoms with van der Waals surface area (Å²) >= 11 is 0. The van der Waals surface area contributed by atoms with Crippen molar-refractivity contribution in [2.45, 2.75) is 45.1 Å². The smallest absolute Gasteiger partial charge is 0.330 e. The molecule has 0 unspecified atom stereocenters. The zero-order chi connectivity index (χ0) is 38.3. The van der Waals surface area contributed by atoms with Crippen LogP contribution in [0.4, 0.5) is 0 Å². The minimum absolute atomic E-state index is 0.0383. The van der Waals surface area contributed by atoms with Crippen LogP contribution in [0.25, 0.3) is 10.8 Å². The molecule has 3 aromatic rings. The molecule has 4 bridgehead atoms. The van der Waals surface area contributed by atoms with Crippen LogP contribution >= 0.6 is 0 Å². The number of amides is 5. The third-order valence-electron chi connectivity index (χ3n) is 8.35. The molecule has 1 aliphatic heterocycles. The van der Waals surface area contributed by atoms with Gasteiger partial charge in [0.05, 0.1) is 26.9 Å². The number of hydrogen-bond donors (Lipinski definition) is 3. The van der Waals surface area contributed by atoms with Gasteiger partial charge in [-0.3, -0.25) is 29.4 Å². The molecule has 0 radical (unpaired) electrons. The number of imide groups is 1. The highest BCUT2D eigenvalue weighted by Crippen LogP contribution is 2.28. The van der Waals surface area contributed by atoms with E-state index in [4.69, 9.17) is 4.74 Å². The summed E-state index contributed by atoms with van der Waals surface area (Å²) in [6, 6.07) is 16.3. The predicted molar refractivity (Wildman–Crippen MR) is 193 cm³/mol. The molecule has 5 amide bonds. The number of carbonyl (C=O) groups is 7. The van der Waals surface area contributed by atoms with Crippen molar-refractivity contribution in [3.05, 3.63) is 107 Å². The standard InChI is InChI=1S/C39H42N4O10/c1-25-31-23-26(22-28-9-4-5-10-30(28)31)8-6-7-20-53-21-19-40-38(49)29-12-11-27(32(24-29)39(50)41-25)13-14-33(44)42-43(34(45)15-17-36(47)51-2)35(46)16-18-37(48)52-3/h4-5,9-12,15-18,22-25H,6-8,13-14,19-21H2,1-3H3,(H,40,49)(H,41,50)(H,42,44)/b17-15+,18-16+/t25-/m1/s1. The van der Waals surface area contributed by atoms with E-state index in [1.54, 1.807) is 6.07 Å². The zero-order valence-corrected chi connectivity index (χ0v) is 29.8. The topological polar surface area (TPSA) is 187 Å². The van der Waals surface area contributed by atoms with Crippen molar-refractivity contribution in [3.8, 4) is 0 Å².